The molecule has 0 radical (unpaired) electrons. The number of aliphatic imine (C=N–C) groups is 1. The molecule has 122 valence electrons. The predicted octanol–water partition coefficient (Wildman–Crippen LogP) is 2.48. The average Bonchev–Trinajstić information content (AvgIpc) is 2.99. The molecule has 1 aromatic carbocycles. The quantitative estimate of drug-likeness (QED) is 0.290. The van der Waals surface area contributed by atoms with Crippen LogP contribution in [0.5, 0.6) is 0 Å². The minimum Gasteiger partial charge on any atom is -0.391 e. The van der Waals surface area contributed by atoms with Gasteiger partial charge in [0.1, 0.15) is 0 Å². The van der Waals surface area contributed by atoms with Crippen molar-refractivity contribution < 1.29 is 5.11 Å². The third-order valence-electron chi connectivity index (χ3n) is 3.47. The Kier molecular flexibility index (Phi) is 9.15. The van der Waals surface area contributed by atoms with Crippen LogP contribution in [0.25, 0.3) is 0 Å². The zero-order valence-electron chi connectivity index (χ0n) is 13.0. The molecule has 5 heteroatoms. The van der Waals surface area contributed by atoms with Crippen LogP contribution >= 0.6 is 24.0 Å². The smallest absolute Gasteiger partial charge is 0.191 e. The zero-order chi connectivity index (χ0) is 14.9. The van der Waals surface area contributed by atoms with Crippen molar-refractivity contribution in [2.75, 3.05) is 13.1 Å². The van der Waals surface area contributed by atoms with E-state index in [9.17, 15) is 5.11 Å². The molecule has 0 aromatic heterocycles. The summed E-state index contributed by atoms with van der Waals surface area (Å²) in [6, 6.07) is 10.4. The van der Waals surface area contributed by atoms with Gasteiger partial charge >= 0.3 is 0 Å². The number of aliphatic hydroxyl groups excluding tert-OH is 1. The highest BCUT2D eigenvalue weighted by atomic mass is 127. The number of halogens is 1. The first-order chi connectivity index (χ1) is 10.3. The fourth-order valence-electron chi connectivity index (χ4n) is 2.40. The average molecular weight is 415 g/mol. The molecule has 1 atom stereocenters. The summed E-state index contributed by atoms with van der Waals surface area (Å²) in [5.41, 5.74) is 1.14. The lowest BCUT2D eigenvalue weighted by Crippen LogP contribution is -2.43. The number of rotatable bonds is 6. The second kappa shape index (κ2) is 10.6. The van der Waals surface area contributed by atoms with Crippen molar-refractivity contribution in [3.63, 3.8) is 0 Å². The van der Waals surface area contributed by atoms with Crippen LogP contribution in [-0.4, -0.2) is 36.3 Å². The topological polar surface area (TPSA) is 56.7 Å². The lowest BCUT2D eigenvalue weighted by molar-refractivity contribution is 0.183. The number of hydrogen-bond donors (Lipinski definition) is 3. The number of guanidine groups is 1. The third-order valence-corrected chi connectivity index (χ3v) is 3.47. The van der Waals surface area contributed by atoms with Crippen LogP contribution in [0.3, 0.4) is 0 Å². The fourth-order valence-corrected chi connectivity index (χ4v) is 2.40. The van der Waals surface area contributed by atoms with Gasteiger partial charge in [0.05, 0.1) is 12.6 Å². The maximum Gasteiger partial charge on any atom is 0.191 e. The van der Waals surface area contributed by atoms with Gasteiger partial charge in [0.2, 0.25) is 0 Å². The maximum atomic E-state index is 10.1. The van der Waals surface area contributed by atoms with E-state index in [0.717, 1.165) is 30.9 Å². The van der Waals surface area contributed by atoms with Gasteiger partial charge in [0, 0.05) is 19.0 Å². The van der Waals surface area contributed by atoms with Crippen molar-refractivity contribution in [3.05, 3.63) is 48.0 Å². The summed E-state index contributed by atoms with van der Waals surface area (Å²) in [7, 11) is 0. The molecule has 0 heterocycles. The Morgan fingerprint density at radius 2 is 1.95 bits per heavy atom. The lowest BCUT2D eigenvalue weighted by Gasteiger charge is -2.17. The van der Waals surface area contributed by atoms with Gasteiger partial charge in [-0.1, -0.05) is 42.5 Å². The van der Waals surface area contributed by atoms with E-state index in [4.69, 9.17) is 0 Å². The Morgan fingerprint density at radius 1 is 1.27 bits per heavy atom. The van der Waals surface area contributed by atoms with Crippen molar-refractivity contribution in [1.82, 2.24) is 10.6 Å². The van der Waals surface area contributed by atoms with E-state index in [1.54, 1.807) is 0 Å². The fraction of sp³-hybridized carbons (Fsp3) is 0.471. The lowest BCUT2D eigenvalue weighted by atomic mass is 10.1. The molecular weight excluding hydrogens is 389 g/mol. The molecule has 1 aromatic rings. The van der Waals surface area contributed by atoms with Crippen molar-refractivity contribution in [3.8, 4) is 0 Å². The van der Waals surface area contributed by atoms with Gasteiger partial charge in [-0.25, -0.2) is 0 Å². The zero-order valence-corrected chi connectivity index (χ0v) is 15.4. The minimum absolute atomic E-state index is 0. The molecule has 3 N–H and O–H groups in total. The normalized spacial score (nSPS) is 16.2. The van der Waals surface area contributed by atoms with E-state index in [1.165, 1.54) is 0 Å². The van der Waals surface area contributed by atoms with Gasteiger partial charge < -0.3 is 15.7 Å². The summed E-state index contributed by atoms with van der Waals surface area (Å²) < 4.78 is 0. The molecule has 0 bridgehead atoms. The molecule has 4 nitrogen and oxygen atoms in total. The third kappa shape index (κ3) is 6.79. The molecule has 0 saturated heterocycles. The van der Waals surface area contributed by atoms with Crippen LogP contribution in [0.15, 0.2) is 47.5 Å². The Balaban J connectivity index is 0.00000242. The standard InChI is InChI=1S/C17H25N3O.HI/c1-2-18-17(20-15-10-6-7-11-15)19-13-16(21)12-14-8-4-3-5-9-14;/h3-9,15-16,21H,2,10-13H2,1H3,(H2,18,19,20);1H. The van der Waals surface area contributed by atoms with Crippen LogP contribution in [0.4, 0.5) is 0 Å². The summed E-state index contributed by atoms with van der Waals surface area (Å²) >= 11 is 0. The molecule has 22 heavy (non-hydrogen) atoms. The van der Waals surface area contributed by atoms with Crippen LogP contribution in [-0.2, 0) is 6.42 Å². The van der Waals surface area contributed by atoms with Gasteiger partial charge in [0.15, 0.2) is 5.96 Å². The Hall–Kier alpha value is -1.08. The number of benzene rings is 1. The van der Waals surface area contributed by atoms with Crippen molar-refractivity contribution >= 4 is 29.9 Å². The van der Waals surface area contributed by atoms with Crippen molar-refractivity contribution in [1.29, 1.82) is 0 Å². The second-order valence-corrected chi connectivity index (χ2v) is 5.35. The number of hydrogen-bond acceptors (Lipinski definition) is 2. The number of aliphatic hydroxyl groups is 1. The van der Waals surface area contributed by atoms with Crippen LogP contribution in [0.2, 0.25) is 0 Å². The van der Waals surface area contributed by atoms with Gasteiger partial charge in [-0.15, -0.1) is 24.0 Å². The van der Waals surface area contributed by atoms with E-state index < -0.39 is 6.10 Å². The molecule has 2 rings (SSSR count). The second-order valence-electron chi connectivity index (χ2n) is 5.35. The number of nitrogens with one attached hydrogen (secondary N) is 2. The summed E-state index contributed by atoms with van der Waals surface area (Å²) in [5.74, 6) is 0.790. The maximum absolute atomic E-state index is 10.1. The Morgan fingerprint density at radius 3 is 2.59 bits per heavy atom. The molecule has 0 aliphatic heterocycles. The largest absolute Gasteiger partial charge is 0.391 e. The van der Waals surface area contributed by atoms with Crippen LogP contribution in [0.1, 0.15) is 25.3 Å². The SMILES string of the molecule is CCNC(=NCC(O)Cc1ccccc1)NC1CC=CC1.I. The summed E-state index contributed by atoms with van der Waals surface area (Å²) in [6.45, 7) is 3.27. The first-order valence-corrected chi connectivity index (χ1v) is 7.69. The van der Waals surface area contributed by atoms with Crippen LogP contribution in [0, 0.1) is 0 Å². The predicted molar refractivity (Wildman–Crippen MR) is 103 cm³/mol. The first kappa shape index (κ1) is 19.0. The van der Waals surface area contributed by atoms with E-state index in [-0.39, 0.29) is 24.0 Å². The van der Waals surface area contributed by atoms with E-state index >= 15 is 0 Å². The van der Waals surface area contributed by atoms with Gasteiger partial charge in [0.25, 0.3) is 0 Å². The summed E-state index contributed by atoms with van der Waals surface area (Å²) in [5, 5.41) is 16.7. The number of nitrogens with zero attached hydrogens (tertiary/aromatic N) is 1. The van der Waals surface area contributed by atoms with E-state index in [2.05, 4.69) is 27.8 Å². The molecule has 0 fully saturated rings. The van der Waals surface area contributed by atoms with Crippen LogP contribution < -0.4 is 10.6 Å². The molecular formula is C17H26IN3O. The Bertz CT molecular complexity index is 468. The highest BCUT2D eigenvalue weighted by Crippen LogP contribution is 2.09. The highest BCUT2D eigenvalue weighted by molar-refractivity contribution is 14.0. The first-order valence-electron chi connectivity index (χ1n) is 7.69. The van der Waals surface area contributed by atoms with Crippen molar-refractivity contribution in [2.24, 2.45) is 4.99 Å². The minimum atomic E-state index is -0.454. The van der Waals surface area contributed by atoms with Gasteiger partial charge in [-0.2, -0.15) is 0 Å². The monoisotopic (exact) mass is 415 g/mol. The molecule has 1 aliphatic carbocycles. The van der Waals surface area contributed by atoms with E-state index in [1.807, 2.05) is 37.3 Å². The van der Waals surface area contributed by atoms with E-state index in [0.29, 0.717) is 19.0 Å². The molecule has 0 spiro atoms. The summed E-state index contributed by atoms with van der Waals surface area (Å²) in [6.07, 6.45) is 6.63. The van der Waals surface area contributed by atoms with Gasteiger partial charge in [-0.3, -0.25) is 4.99 Å². The van der Waals surface area contributed by atoms with Gasteiger partial charge in [-0.05, 0) is 25.3 Å². The molecule has 1 aliphatic rings. The molecule has 1 unspecified atom stereocenters. The molecule has 0 amide bonds. The Labute approximate surface area is 150 Å². The summed E-state index contributed by atoms with van der Waals surface area (Å²) in [4.78, 5) is 4.49. The molecule has 0 saturated carbocycles. The highest BCUT2D eigenvalue weighted by Gasteiger charge is 2.12. The van der Waals surface area contributed by atoms with Crippen molar-refractivity contribution in [2.45, 2.75) is 38.3 Å².